The maximum Gasteiger partial charge on any atom is 0.271 e. The number of hydrazone groups is 1. The standard InChI is InChI=1S/C28H26FN5O2/c29-22-9-11-23(12-10-22)31-27(35)19-34-18-21(25-5-1-2-6-26(25)34)17-30-32-28(36)20-7-13-24(14-8-20)33-15-3-4-16-33/h1-2,5-14,17-18H,3-4,15-16,19H2,(H,31,35)(H,32,36)/b30-17-. The zero-order valence-electron chi connectivity index (χ0n) is 19.7. The number of carbonyl (C=O) groups excluding carboxylic acids is 2. The first-order valence-electron chi connectivity index (χ1n) is 11.9. The molecule has 0 aliphatic carbocycles. The van der Waals surface area contributed by atoms with Crippen LogP contribution < -0.4 is 15.6 Å². The van der Waals surface area contributed by atoms with Gasteiger partial charge in [-0.05, 0) is 67.4 Å². The summed E-state index contributed by atoms with van der Waals surface area (Å²) in [6, 6.07) is 20.8. The predicted molar refractivity (Wildman–Crippen MR) is 140 cm³/mol. The molecule has 2 N–H and O–H groups in total. The second-order valence-corrected chi connectivity index (χ2v) is 8.72. The van der Waals surface area contributed by atoms with Crippen LogP contribution in [0.2, 0.25) is 0 Å². The molecule has 2 heterocycles. The number of hydrogen-bond acceptors (Lipinski definition) is 4. The Balaban J connectivity index is 1.25. The summed E-state index contributed by atoms with van der Waals surface area (Å²) in [6.45, 7) is 2.18. The highest BCUT2D eigenvalue weighted by Gasteiger charge is 2.13. The number of rotatable bonds is 7. The average Bonchev–Trinajstić information content (AvgIpc) is 3.55. The number of aromatic nitrogens is 1. The van der Waals surface area contributed by atoms with Crippen molar-refractivity contribution in [1.29, 1.82) is 0 Å². The van der Waals surface area contributed by atoms with Crippen LogP contribution in [0.3, 0.4) is 0 Å². The van der Waals surface area contributed by atoms with E-state index in [-0.39, 0.29) is 24.2 Å². The lowest BCUT2D eigenvalue weighted by atomic mass is 10.2. The van der Waals surface area contributed by atoms with Gasteiger partial charge in [0.25, 0.3) is 5.91 Å². The van der Waals surface area contributed by atoms with Gasteiger partial charge in [-0.2, -0.15) is 5.10 Å². The van der Waals surface area contributed by atoms with E-state index >= 15 is 0 Å². The minimum absolute atomic E-state index is 0.0709. The van der Waals surface area contributed by atoms with Gasteiger partial charge in [0.2, 0.25) is 5.91 Å². The summed E-state index contributed by atoms with van der Waals surface area (Å²) >= 11 is 0. The molecule has 1 aliphatic heterocycles. The van der Waals surface area contributed by atoms with E-state index in [0.717, 1.165) is 35.2 Å². The highest BCUT2D eigenvalue weighted by atomic mass is 19.1. The molecule has 0 bridgehead atoms. The van der Waals surface area contributed by atoms with Gasteiger partial charge in [-0.1, -0.05) is 18.2 Å². The van der Waals surface area contributed by atoms with E-state index in [2.05, 4.69) is 20.7 Å². The SMILES string of the molecule is O=C(Cn1cc(/C=N\NC(=O)c2ccc(N3CCCC3)cc2)c2ccccc21)Nc1ccc(F)cc1. The maximum absolute atomic E-state index is 13.1. The third kappa shape index (κ3) is 5.27. The van der Waals surface area contributed by atoms with Crippen LogP contribution in [-0.4, -0.2) is 35.7 Å². The Labute approximate surface area is 208 Å². The Kier molecular flexibility index (Phi) is 6.75. The smallest absolute Gasteiger partial charge is 0.271 e. The summed E-state index contributed by atoms with van der Waals surface area (Å²) in [4.78, 5) is 27.4. The van der Waals surface area contributed by atoms with Crippen molar-refractivity contribution < 1.29 is 14.0 Å². The first-order valence-corrected chi connectivity index (χ1v) is 11.9. The topological polar surface area (TPSA) is 78.7 Å². The molecule has 5 rings (SSSR count). The van der Waals surface area contributed by atoms with Crippen LogP contribution in [0, 0.1) is 5.82 Å². The molecule has 4 aromatic rings. The van der Waals surface area contributed by atoms with E-state index in [0.29, 0.717) is 11.3 Å². The van der Waals surface area contributed by atoms with Gasteiger partial charge in [-0.15, -0.1) is 0 Å². The molecule has 7 nitrogen and oxygen atoms in total. The lowest BCUT2D eigenvalue weighted by Crippen LogP contribution is -2.19. The van der Waals surface area contributed by atoms with Crippen molar-refractivity contribution in [2.24, 2.45) is 5.10 Å². The number of nitrogens with zero attached hydrogens (tertiary/aromatic N) is 3. The van der Waals surface area contributed by atoms with Crippen LogP contribution in [0.4, 0.5) is 15.8 Å². The Morgan fingerprint density at radius 1 is 0.944 bits per heavy atom. The van der Waals surface area contributed by atoms with Crippen molar-refractivity contribution in [3.05, 3.63) is 95.9 Å². The summed E-state index contributed by atoms with van der Waals surface area (Å²) < 4.78 is 14.9. The number of para-hydroxylation sites is 1. The third-order valence-corrected chi connectivity index (χ3v) is 6.23. The minimum Gasteiger partial charge on any atom is -0.372 e. The molecular formula is C28H26FN5O2. The molecular weight excluding hydrogens is 457 g/mol. The fourth-order valence-corrected chi connectivity index (χ4v) is 4.42. The number of nitrogens with one attached hydrogen (secondary N) is 2. The average molecular weight is 484 g/mol. The molecule has 3 aromatic carbocycles. The Morgan fingerprint density at radius 2 is 1.67 bits per heavy atom. The number of amides is 2. The van der Waals surface area contributed by atoms with E-state index in [9.17, 15) is 14.0 Å². The fourth-order valence-electron chi connectivity index (χ4n) is 4.42. The van der Waals surface area contributed by atoms with Crippen molar-refractivity contribution >= 4 is 40.3 Å². The van der Waals surface area contributed by atoms with Crippen LogP contribution >= 0.6 is 0 Å². The van der Waals surface area contributed by atoms with Gasteiger partial charge in [0.05, 0.1) is 6.21 Å². The first kappa shape index (κ1) is 23.3. The molecule has 182 valence electrons. The number of anilines is 2. The molecule has 0 atom stereocenters. The normalized spacial score (nSPS) is 13.4. The maximum atomic E-state index is 13.1. The van der Waals surface area contributed by atoms with E-state index in [1.54, 1.807) is 6.21 Å². The molecule has 0 saturated carbocycles. The van der Waals surface area contributed by atoms with Gasteiger partial charge in [-0.25, -0.2) is 9.82 Å². The molecule has 1 saturated heterocycles. The van der Waals surface area contributed by atoms with Crippen LogP contribution in [0.5, 0.6) is 0 Å². The summed E-state index contributed by atoms with van der Waals surface area (Å²) in [6.07, 6.45) is 5.79. The Hall–Kier alpha value is -4.46. The first-order chi connectivity index (χ1) is 17.6. The molecule has 0 radical (unpaired) electrons. The van der Waals surface area contributed by atoms with Gasteiger partial charge < -0.3 is 14.8 Å². The third-order valence-electron chi connectivity index (χ3n) is 6.23. The molecule has 1 fully saturated rings. The molecule has 8 heteroatoms. The highest BCUT2D eigenvalue weighted by Crippen LogP contribution is 2.21. The Bertz CT molecular complexity index is 1400. The van der Waals surface area contributed by atoms with E-state index in [1.165, 1.54) is 37.1 Å². The number of fused-ring (bicyclic) bond motifs is 1. The van der Waals surface area contributed by atoms with Gasteiger partial charge >= 0.3 is 0 Å². The van der Waals surface area contributed by atoms with Crippen molar-refractivity contribution in [3.8, 4) is 0 Å². The van der Waals surface area contributed by atoms with Gasteiger partial charge in [-0.3, -0.25) is 9.59 Å². The van der Waals surface area contributed by atoms with Crippen molar-refractivity contribution in [2.45, 2.75) is 19.4 Å². The fraction of sp³-hybridized carbons (Fsp3) is 0.179. The molecule has 0 spiro atoms. The number of halogens is 1. The zero-order chi connectivity index (χ0) is 24.9. The van der Waals surface area contributed by atoms with Crippen LogP contribution in [-0.2, 0) is 11.3 Å². The second kappa shape index (κ2) is 10.4. The molecule has 36 heavy (non-hydrogen) atoms. The predicted octanol–water partition coefficient (Wildman–Crippen LogP) is 4.78. The number of carbonyl (C=O) groups is 2. The van der Waals surface area contributed by atoms with Gasteiger partial charge in [0, 0.05) is 52.7 Å². The van der Waals surface area contributed by atoms with Gasteiger partial charge in [0.15, 0.2) is 0 Å². The van der Waals surface area contributed by atoms with Crippen LogP contribution in [0.1, 0.15) is 28.8 Å². The molecule has 1 aromatic heterocycles. The largest absolute Gasteiger partial charge is 0.372 e. The van der Waals surface area contributed by atoms with Gasteiger partial charge in [0.1, 0.15) is 12.4 Å². The quantitative estimate of drug-likeness (QED) is 0.293. The van der Waals surface area contributed by atoms with Crippen molar-refractivity contribution in [1.82, 2.24) is 9.99 Å². The van der Waals surface area contributed by atoms with E-state index in [1.807, 2.05) is 59.3 Å². The van der Waals surface area contributed by atoms with Crippen LogP contribution in [0.25, 0.3) is 10.9 Å². The summed E-state index contributed by atoms with van der Waals surface area (Å²) in [5.74, 6) is -0.891. The van der Waals surface area contributed by atoms with E-state index < -0.39 is 0 Å². The molecule has 1 aliphatic rings. The zero-order valence-corrected chi connectivity index (χ0v) is 19.7. The molecule has 2 amide bonds. The number of benzene rings is 3. The summed E-state index contributed by atoms with van der Waals surface area (Å²) in [5, 5.41) is 7.82. The van der Waals surface area contributed by atoms with Crippen molar-refractivity contribution in [3.63, 3.8) is 0 Å². The minimum atomic E-state index is -0.362. The van der Waals surface area contributed by atoms with Crippen LogP contribution in [0.15, 0.2) is 84.1 Å². The lowest BCUT2D eigenvalue weighted by Gasteiger charge is -2.17. The highest BCUT2D eigenvalue weighted by molar-refractivity contribution is 6.01. The monoisotopic (exact) mass is 483 g/mol. The van der Waals surface area contributed by atoms with Crippen molar-refractivity contribution in [2.75, 3.05) is 23.3 Å². The summed E-state index contributed by atoms with van der Waals surface area (Å²) in [5.41, 5.74) is 6.40. The number of hydrogen-bond donors (Lipinski definition) is 2. The molecule has 0 unspecified atom stereocenters. The lowest BCUT2D eigenvalue weighted by molar-refractivity contribution is -0.116. The summed E-state index contributed by atoms with van der Waals surface area (Å²) in [7, 11) is 0. The van der Waals surface area contributed by atoms with E-state index in [4.69, 9.17) is 0 Å². The Morgan fingerprint density at radius 3 is 2.42 bits per heavy atom. The second-order valence-electron chi connectivity index (χ2n) is 8.72.